The van der Waals surface area contributed by atoms with Crippen LogP contribution >= 0.6 is 0 Å². The maximum Gasteiger partial charge on any atom is 0.230 e. The Morgan fingerprint density at radius 1 is 1.18 bits per heavy atom. The number of halogens is 1. The molecule has 3 rings (SSSR count). The summed E-state index contributed by atoms with van der Waals surface area (Å²) in [5.74, 6) is -0.233. The van der Waals surface area contributed by atoms with Gasteiger partial charge < -0.3 is 19.7 Å². The van der Waals surface area contributed by atoms with E-state index < -0.39 is 11.7 Å². The third-order valence-corrected chi connectivity index (χ3v) is 4.91. The zero-order valence-corrected chi connectivity index (χ0v) is 16.1. The van der Waals surface area contributed by atoms with Gasteiger partial charge in [0.15, 0.2) is 11.5 Å². The summed E-state index contributed by atoms with van der Waals surface area (Å²) in [6.45, 7) is 0.475. The summed E-state index contributed by atoms with van der Waals surface area (Å²) in [4.78, 5) is 26.5. The van der Waals surface area contributed by atoms with Gasteiger partial charge in [0.2, 0.25) is 11.8 Å². The molecular weight excluding hydrogens is 363 g/mol. The normalized spacial score (nSPS) is 15.4. The number of carbonyl (C=O) groups excluding carboxylic acids is 2. The van der Waals surface area contributed by atoms with E-state index in [9.17, 15) is 14.0 Å². The van der Waals surface area contributed by atoms with Crippen molar-refractivity contribution in [1.29, 1.82) is 0 Å². The van der Waals surface area contributed by atoms with E-state index in [1.165, 1.54) is 12.1 Å². The molecule has 6 nitrogen and oxygen atoms in total. The Morgan fingerprint density at radius 2 is 1.93 bits per heavy atom. The van der Waals surface area contributed by atoms with Crippen LogP contribution in [0.5, 0.6) is 11.5 Å². The van der Waals surface area contributed by atoms with Crippen molar-refractivity contribution in [2.45, 2.75) is 18.8 Å². The molecule has 1 aliphatic rings. The number of fused-ring (bicyclic) bond motifs is 1. The highest BCUT2D eigenvalue weighted by Gasteiger charge is 2.32. The van der Waals surface area contributed by atoms with E-state index in [-0.39, 0.29) is 18.2 Å². The zero-order chi connectivity index (χ0) is 20.3. The number of amides is 2. The molecule has 1 atom stereocenters. The van der Waals surface area contributed by atoms with Crippen LogP contribution in [0.25, 0.3) is 0 Å². The number of methoxy groups -OCH3 is 2. The van der Waals surface area contributed by atoms with E-state index in [1.54, 1.807) is 32.2 Å². The van der Waals surface area contributed by atoms with Crippen LogP contribution in [0.15, 0.2) is 36.4 Å². The topological polar surface area (TPSA) is 67.9 Å². The summed E-state index contributed by atoms with van der Waals surface area (Å²) in [5.41, 5.74) is 2.01. The first-order chi connectivity index (χ1) is 13.4. The highest BCUT2D eigenvalue weighted by molar-refractivity contribution is 6.01. The Bertz CT molecular complexity index is 900. The number of carbonyl (C=O) groups is 2. The molecule has 0 saturated carbocycles. The van der Waals surface area contributed by atoms with E-state index in [4.69, 9.17) is 9.47 Å². The quantitative estimate of drug-likeness (QED) is 0.829. The van der Waals surface area contributed by atoms with Crippen LogP contribution in [0.2, 0.25) is 0 Å². The van der Waals surface area contributed by atoms with Crippen LogP contribution in [-0.4, -0.2) is 44.5 Å². The van der Waals surface area contributed by atoms with Gasteiger partial charge in [0.05, 0.1) is 20.1 Å². The maximum atomic E-state index is 13.5. The molecule has 1 N–H and O–H groups in total. The molecule has 0 aromatic heterocycles. The fourth-order valence-electron chi connectivity index (χ4n) is 3.37. The molecule has 0 fully saturated rings. The number of anilines is 1. The number of hydrogen-bond acceptors (Lipinski definition) is 4. The lowest BCUT2D eigenvalue weighted by Gasteiger charge is -2.28. The second kappa shape index (κ2) is 8.29. The van der Waals surface area contributed by atoms with Gasteiger partial charge in [0.1, 0.15) is 5.82 Å². The molecule has 0 spiro atoms. The van der Waals surface area contributed by atoms with Crippen LogP contribution in [-0.2, 0) is 16.0 Å². The van der Waals surface area contributed by atoms with Gasteiger partial charge in [0, 0.05) is 25.7 Å². The molecule has 0 saturated heterocycles. The summed E-state index contributed by atoms with van der Waals surface area (Å²) in [7, 11) is 4.86. The molecule has 1 aliphatic heterocycles. The van der Waals surface area contributed by atoms with Crippen molar-refractivity contribution in [3.8, 4) is 11.5 Å². The van der Waals surface area contributed by atoms with Gasteiger partial charge in [0.25, 0.3) is 0 Å². The number of nitrogens with one attached hydrogen (secondary N) is 1. The lowest BCUT2D eigenvalue weighted by atomic mass is 9.89. The fourth-order valence-corrected chi connectivity index (χ4v) is 3.37. The lowest BCUT2D eigenvalue weighted by Crippen LogP contribution is -2.37. The van der Waals surface area contributed by atoms with E-state index in [2.05, 4.69) is 5.32 Å². The fraction of sp³-hybridized carbons (Fsp3) is 0.333. The largest absolute Gasteiger partial charge is 0.493 e. The highest BCUT2D eigenvalue weighted by atomic mass is 19.1. The first-order valence-corrected chi connectivity index (χ1v) is 8.98. The number of benzene rings is 2. The van der Waals surface area contributed by atoms with Crippen LogP contribution in [0.1, 0.15) is 23.5 Å². The average molecular weight is 386 g/mol. The molecule has 2 aromatic carbocycles. The maximum absolute atomic E-state index is 13.5. The van der Waals surface area contributed by atoms with Gasteiger partial charge in [-0.3, -0.25) is 9.59 Å². The van der Waals surface area contributed by atoms with E-state index in [0.29, 0.717) is 35.7 Å². The number of ether oxygens (including phenoxy) is 2. The van der Waals surface area contributed by atoms with Crippen LogP contribution in [0.3, 0.4) is 0 Å². The molecule has 0 radical (unpaired) electrons. The van der Waals surface area contributed by atoms with Crippen molar-refractivity contribution in [2.24, 2.45) is 0 Å². The smallest absolute Gasteiger partial charge is 0.230 e. The van der Waals surface area contributed by atoms with Crippen LogP contribution in [0, 0.1) is 5.82 Å². The van der Waals surface area contributed by atoms with Gasteiger partial charge in [-0.2, -0.15) is 0 Å². The third kappa shape index (κ3) is 4.08. The minimum Gasteiger partial charge on any atom is -0.493 e. The Morgan fingerprint density at radius 3 is 2.64 bits per heavy atom. The first-order valence-electron chi connectivity index (χ1n) is 8.98. The molecule has 2 aromatic rings. The molecule has 7 heteroatoms. The van der Waals surface area contributed by atoms with E-state index in [0.717, 1.165) is 5.56 Å². The predicted molar refractivity (Wildman–Crippen MR) is 103 cm³/mol. The van der Waals surface area contributed by atoms with E-state index in [1.807, 2.05) is 18.2 Å². The monoisotopic (exact) mass is 386 g/mol. The second-order valence-corrected chi connectivity index (χ2v) is 6.74. The number of hydrogen-bond donors (Lipinski definition) is 1. The van der Waals surface area contributed by atoms with Crippen molar-refractivity contribution in [1.82, 2.24) is 4.90 Å². The predicted octanol–water partition coefficient (Wildman–Crippen LogP) is 2.97. The first kappa shape index (κ1) is 19.7. The molecule has 2 amide bonds. The van der Waals surface area contributed by atoms with E-state index >= 15 is 0 Å². The minimum atomic E-state index is -0.611. The summed E-state index contributed by atoms with van der Waals surface area (Å²) < 4.78 is 24.0. The van der Waals surface area contributed by atoms with Gasteiger partial charge in [-0.25, -0.2) is 4.39 Å². The highest BCUT2D eigenvalue weighted by Crippen LogP contribution is 2.34. The number of nitrogens with zero attached hydrogens (tertiary/aromatic N) is 1. The Labute approximate surface area is 163 Å². The minimum absolute atomic E-state index is 0.0537. The zero-order valence-electron chi connectivity index (χ0n) is 16.1. The number of likely N-dealkylation sites (N-methyl/N-ethyl adjacent to an activating group) is 1. The van der Waals surface area contributed by atoms with Crippen LogP contribution < -0.4 is 14.8 Å². The SMILES string of the molecule is COc1ccc(CCN(C)C(=O)C2CC(=O)Nc3cc(F)ccc32)cc1OC. The van der Waals surface area contributed by atoms with Crippen LogP contribution in [0.4, 0.5) is 10.1 Å². The second-order valence-electron chi connectivity index (χ2n) is 6.74. The Hall–Kier alpha value is -3.09. The molecular formula is C21H23FN2O4. The molecule has 0 bridgehead atoms. The third-order valence-electron chi connectivity index (χ3n) is 4.91. The van der Waals surface area contributed by atoms with Crippen molar-refractivity contribution >= 4 is 17.5 Å². The Balaban J connectivity index is 1.71. The number of rotatable bonds is 6. The molecule has 28 heavy (non-hydrogen) atoms. The van der Waals surface area contributed by atoms with Crippen molar-refractivity contribution in [3.63, 3.8) is 0 Å². The lowest BCUT2D eigenvalue weighted by molar-refractivity contribution is -0.133. The molecule has 148 valence electrons. The molecule has 0 aliphatic carbocycles. The molecule has 1 unspecified atom stereocenters. The van der Waals surface area contributed by atoms with Crippen molar-refractivity contribution < 1.29 is 23.5 Å². The van der Waals surface area contributed by atoms with Gasteiger partial charge >= 0.3 is 0 Å². The standard InChI is InChI=1S/C21H23FN2O4/c1-24(9-8-13-4-7-18(27-2)19(10-13)28-3)21(26)16-12-20(25)23-17-11-14(22)5-6-15(16)17/h4-7,10-11,16H,8-9,12H2,1-3H3,(H,23,25). The van der Waals surface area contributed by atoms with Crippen molar-refractivity contribution in [2.75, 3.05) is 33.1 Å². The van der Waals surface area contributed by atoms with Gasteiger partial charge in [-0.05, 0) is 41.8 Å². The van der Waals surface area contributed by atoms with Crippen molar-refractivity contribution in [3.05, 3.63) is 53.3 Å². The molecule has 1 heterocycles. The summed E-state index contributed by atoms with van der Waals surface area (Å²) in [5, 5.41) is 2.63. The summed E-state index contributed by atoms with van der Waals surface area (Å²) >= 11 is 0. The van der Waals surface area contributed by atoms with Gasteiger partial charge in [-0.1, -0.05) is 12.1 Å². The Kier molecular flexibility index (Phi) is 5.82. The van der Waals surface area contributed by atoms with Gasteiger partial charge in [-0.15, -0.1) is 0 Å². The average Bonchev–Trinajstić information content (AvgIpc) is 2.70. The summed E-state index contributed by atoms with van der Waals surface area (Å²) in [6.07, 6.45) is 0.677. The summed E-state index contributed by atoms with van der Waals surface area (Å²) in [6, 6.07) is 9.74.